The molecule has 1 saturated heterocycles. The number of piperidine rings is 1. The van der Waals surface area contributed by atoms with Gasteiger partial charge in [0.1, 0.15) is 5.60 Å². The predicted octanol–water partition coefficient (Wildman–Crippen LogP) is 2.05. The van der Waals surface area contributed by atoms with E-state index < -0.39 is 5.60 Å². The summed E-state index contributed by atoms with van der Waals surface area (Å²) in [6.45, 7) is 4.43. The van der Waals surface area contributed by atoms with Crippen LogP contribution in [0.3, 0.4) is 0 Å². The van der Waals surface area contributed by atoms with Crippen LogP contribution in [0.4, 0.5) is 0 Å². The van der Waals surface area contributed by atoms with Crippen molar-refractivity contribution in [2.24, 2.45) is 0 Å². The Morgan fingerprint density at radius 3 is 2.67 bits per heavy atom. The summed E-state index contributed by atoms with van der Waals surface area (Å²) in [5.74, 6) is 0.0204. The van der Waals surface area contributed by atoms with Crippen LogP contribution in [0.2, 0.25) is 0 Å². The van der Waals surface area contributed by atoms with Gasteiger partial charge in [-0.25, -0.2) is 0 Å². The van der Waals surface area contributed by atoms with Crippen molar-refractivity contribution >= 4 is 17.7 Å². The van der Waals surface area contributed by atoms with Crippen molar-refractivity contribution in [1.82, 2.24) is 10.6 Å². The molecule has 1 aromatic carbocycles. The molecule has 0 aromatic heterocycles. The second kappa shape index (κ2) is 7.82. The summed E-state index contributed by atoms with van der Waals surface area (Å²) in [7, 11) is 1.63. The third-order valence-electron chi connectivity index (χ3n) is 3.85. The number of amides is 1. The quantitative estimate of drug-likeness (QED) is 0.790. The van der Waals surface area contributed by atoms with E-state index in [1.807, 2.05) is 18.2 Å². The number of ether oxygens (including phenoxy) is 1. The second-order valence-electron chi connectivity index (χ2n) is 5.40. The minimum absolute atomic E-state index is 0.0204. The lowest BCUT2D eigenvalue weighted by molar-refractivity contribution is -0.146. The van der Waals surface area contributed by atoms with Crippen LogP contribution >= 0.6 is 11.8 Å². The molecule has 0 bridgehead atoms. The first kappa shape index (κ1) is 16.3. The molecule has 2 rings (SSSR count). The minimum Gasteiger partial charge on any atom is -0.368 e. The summed E-state index contributed by atoms with van der Waals surface area (Å²) in [6.07, 6.45) is 1.46. The lowest BCUT2D eigenvalue weighted by Gasteiger charge is -2.35. The van der Waals surface area contributed by atoms with Gasteiger partial charge >= 0.3 is 0 Å². The van der Waals surface area contributed by atoms with E-state index in [0.717, 1.165) is 25.9 Å². The molecule has 0 saturated carbocycles. The van der Waals surface area contributed by atoms with E-state index in [1.165, 1.54) is 4.90 Å². The van der Waals surface area contributed by atoms with Crippen molar-refractivity contribution in [3.05, 3.63) is 30.3 Å². The van der Waals surface area contributed by atoms with Gasteiger partial charge in [0.25, 0.3) is 5.91 Å². The number of rotatable bonds is 6. The van der Waals surface area contributed by atoms with Gasteiger partial charge in [0.05, 0.1) is 0 Å². The largest absolute Gasteiger partial charge is 0.368 e. The van der Waals surface area contributed by atoms with Crippen molar-refractivity contribution < 1.29 is 9.53 Å². The fourth-order valence-electron chi connectivity index (χ4n) is 2.53. The van der Waals surface area contributed by atoms with Gasteiger partial charge in [-0.2, -0.15) is 0 Å². The van der Waals surface area contributed by atoms with Crippen LogP contribution in [0.5, 0.6) is 0 Å². The van der Waals surface area contributed by atoms with Crippen molar-refractivity contribution in [3.63, 3.8) is 0 Å². The van der Waals surface area contributed by atoms with Crippen molar-refractivity contribution in [3.8, 4) is 0 Å². The molecular weight excluding hydrogens is 284 g/mol. The molecule has 2 N–H and O–H groups in total. The topological polar surface area (TPSA) is 50.4 Å². The highest BCUT2D eigenvalue weighted by Gasteiger charge is 2.39. The van der Waals surface area contributed by atoms with E-state index in [9.17, 15) is 4.79 Å². The number of hydrogen-bond donors (Lipinski definition) is 2. The summed E-state index contributed by atoms with van der Waals surface area (Å²) in [5, 5.41) is 6.64. The molecule has 1 aliphatic heterocycles. The number of nitrogens with one attached hydrogen (secondary N) is 2. The average Bonchev–Trinajstić information content (AvgIpc) is 2.54. The number of methoxy groups -OCH3 is 1. The Hall–Kier alpha value is -1.04. The van der Waals surface area contributed by atoms with Crippen LogP contribution in [0.1, 0.15) is 19.8 Å². The Bertz CT molecular complexity index is 447. The number of benzene rings is 1. The Balaban J connectivity index is 1.82. The number of carbonyl (C=O) groups is 1. The zero-order valence-electron chi connectivity index (χ0n) is 12.7. The van der Waals surface area contributed by atoms with Crippen LogP contribution in [0.15, 0.2) is 35.2 Å². The van der Waals surface area contributed by atoms with Gasteiger partial charge in [-0.05, 0) is 38.1 Å². The van der Waals surface area contributed by atoms with Gasteiger partial charge in [-0.3, -0.25) is 4.79 Å². The molecule has 0 spiro atoms. The first-order chi connectivity index (χ1) is 10.2. The Morgan fingerprint density at radius 2 is 2.05 bits per heavy atom. The fourth-order valence-corrected chi connectivity index (χ4v) is 3.47. The molecule has 1 aromatic rings. The number of carbonyl (C=O) groups excluding carboxylic acids is 1. The lowest BCUT2D eigenvalue weighted by Crippen LogP contribution is -2.54. The average molecular weight is 308 g/mol. The maximum absolute atomic E-state index is 12.4. The first-order valence-electron chi connectivity index (χ1n) is 7.42. The number of hydrogen-bond acceptors (Lipinski definition) is 4. The third-order valence-corrected chi connectivity index (χ3v) is 4.96. The molecule has 1 aliphatic rings. The predicted molar refractivity (Wildman–Crippen MR) is 86.6 cm³/mol. The van der Waals surface area contributed by atoms with Crippen LogP contribution in [0, 0.1) is 0 Å². The summed E-state index contributed by atoms with van der Waals surface area (Å²) in [6, 6.07) is 10.2. The second-order valence-corrected chi connectivity index (χ2v) is 6.91. The molecule has 1 fully saturated rings. The van der Waals surface area contributed by atoms with E-state index in [-0.39, 0.29) is 5.91 Å². The normalized spacial score (nSPS) is 19.0. The highest BCUT2D eigenvalue weighted by molar-refractivity contribution is 8.00. The van der Waals surface area contributed by atoms with Crippen LogP contribution < -0.4 is 10.6 Å². The van der Waals surface area contributed by atoms with E-state index in [0.29, 0.717) is 11.8 Å². The maximum atomic E-state index is 12.4. The summed E-state index contributed by atoms with van der Waals surface area (Å²) < 4.78 is 5.53. The van der Waals surface area contributed by atoms with Gasteiger partial charge in [0, 0.05) is 23.8 Å². The summed E-state index contributed by atoms with van der Waals surface area (Å²) in [5.41, 5.74) is -0.650. The highest BCUT2D eigenvalue weighted by Crippen LogP contribution is 2.24. The van der Waals surface area contributed by atoms with E-state index in [1.54, 1.807) is 18.9 Å². The lowest BCUT2D eigenvalue weighted by atomic mass is 9.91. The monoisotopic (exact) mass is 308 g/mol. The van der Waals surface area contributed by atoms with Crippen LogP contribution in [-0.2, 0) is 9.53 Å². The van der Waals surface area contributed by atoms with E-state index in [2.05, 4.69) is 29.7 Å². The molecule has 116 valence electrons. The zero-order valence-corrected chi connectivity index (χ0v) is 13.5. The molecule has 1 amide bonds. The molecule has 5 heteroatoms. The maximum Gasteiger partial charge on any atom is 0.252 e. The molecule has 1 atom stereocenters. The zero-order chi connectivity index (χ0) is 15.1. The van der Waals surface area contributed by atoms with Gasteiger partial charge in [0.15, 0.2) is 0 Å². The third kappa shape index (κ3) is 4.46. The fraction of sp³-hybridized carbons (Fsp3) is 0.562. The first-order valence-corrected chi connectivity index (χ1v) is 8.30. The SMILES string of the molecule is COC1(C(=O)NCC(C)Sc2ccccc2)CCNCC1. The molecule has 0 radical (unpaired) electrons. The number of thioether (sulfide) groups is 1. The highest BCUT2D eigenvalue weighted by atomic mass is 32.2. The molecule has 4 nitrogen and oxygen atoms in total. The van der Waals surface area contributed by atoms with Gasteiger partial charge in [-0.15, -0.1) is 11.8 Å². The van der Waals surface area contributed by atoms with Gasteiger partial charge in [-0.1, -0.05) is 25.1 Å². The van der Waals surface area contributed by atoms with Gasteiger partial charge in [0.2, 0.25) is 0 Å². The standard InChI is InChI=1S/C16H24N2O2S/c1-13(21-14-6-4-3-5-7-14)12-18-15(19)16(20-2)8-10-17-11-9-16/h3-7,13,17H,8-12H2,1-2H3,(H,18,19). The minimum atomic E-state index is -0.650. The van der Waals surface area contributed by atoms with Crippen molar-refractivity contribution in [1.29, 1.82) is 0 Å². The smallest absolute Gasteiger partial charge is 0.252 e. The van der Waals surface area contributed by atoms with E-state index in [4.69, 9.17) is 4.74 Å². The van der Waals surface area contributed by atoms with E-state index >= 15 is 0 Å². The molecule has 0 aliphatic carbocycles. The van der Waals surface area contributed by atoms with Crippen LogP contribution in [-0.4, -0.2) is 43.5 Å². The molecular formula is C16H24N2O2S. The Kier molecular flexibility index (Phi) is 6.08. The summed E-state index contributed by atoms with van der Waals surface area (Å²) >= 11 is 1.77. The Labute approximate surface area is 131 Å². The Morgan fingerprint density at radius 1 is 1.38 bits per heavy atom. The molecule has 1 heterocycles. The molecule has 1 unspecified atom stereocenters. The molecule has 21 heavy (non-hydrogen) atoms. The van der Waals surface area contributed by atoms with Crippen LogP contribution in [0.25, 0.3) is 0 Å². The van der Waals surface area contributed by atoms with Gasteiger partial charge < -0.3 is 15.4 Å². The van der Waals surface area contributed by atoms with Crippen molar-refractivity contribution in [2.75, 3.05) is 26.7 Å². The van der Waals surface area contributed by atoms with Crippen molar-refractivity contribution in [2.45, 2.75) is 35.5 Å². The summed E-state index contributed by atoms with van der Waals surface area (Å²) in [4.78, 5) is 13.7.